The first kappa shape index (κ1) is 18.3. The molecule has 0 unspecified atom stereocenters. The third-order valence-corrected chi connectivity index (χ3v) is 3.95. The number of nitrogens with one attached hydrogen (secondary N) is 1. The SMILES string of the molecule is Cc1nn(C)c(C)c1CC(=O)N[C@@H](COCC(C)C)c1ccco1. The number of hydrogen-bond acceptors (Lipinski definition) is 4. The predicted octanol–water partition coefficient (Wildman–Crippen LogP) is 2.70. The summed E-state index contributed by atoms with van der Waals surface area (Å²) in [7, 11) is 1.88. The molecule has 2 rings (SSSR count). The standard InChI is InChI=1S/C18H27N3O3/c1-12(2)10-23-11-16(17-7-6-8-24-17)19-18(22)9-15-13(3)20-21(5)14(15)4/h6-8,12,16H,9-11H2,1-5H3,(H,19,22)/t16-/m0/s1. The lowest BCUT2D eigenvalue weighted by Gasteiger charge is -2.18. The van der Waals surface area contributed by atoms with Gasteiger partial charge in [-0.15, -0.1) is 0 Å². The van der Waals surface area contributed by atoms with E-state index in [9.17, 15) is 4.79 Å². The molecule has 0 saturated carbocycles. The maximum Gasteiger partial charge on any atom is 0.225 e. The first-order valence-corrected chi connectivity index (χ1v) is 8.28. The van der Waals surface area contributed by atoms with Crippen molar-refractivity contribution >= 4 is 5.91 Å². The highest BCUT2D eigenvalue weighted by Gasteiger charge is 2.20. The molecule has 2 aromatic rings. The smallest absolute Gasteiger partial charge is 0.225 e. The van der Waals surface area contributed by atoms with E-state index in [2.05, 4.69) is 24.3 Å². The fourth-order valence-corrected chi connectivity index (χ4v) is 2.59. The van der Waals surface area contributed by atoms with Gasteiger partial charge in [0, 0.05) is 24.9 Å². The van der Waals surface area contributed by atoms with Gasteiger partial charge in [0.2, 0.25) is 5.91 Å². The summed E-state index contributed by atoms with van der Waals surface area (Å²) >= 11 is 0. The zero-order valence-electron chi connectivity index (χ0n) is 15.1. The number of aryl methyl sites for hydroxylation is 2. The summed E-state index contributed by atoms with van der Waals surface area (Å²) in [5.74, 6) is 1.08. The fourth-order valence-electron chi connectivity index (χ4n) is 2.59. The number of carbonyl (C=O) groups is 1. The Hall–Kier alpha value is -2.08. The van der Waals surface area contributed by atoms with Crippen LogP contribution in [0.25, 0.3) is 0 Å². The summed E-state index contributed by atoms with van der Waals surface area (Å²) in [6.45, 7) is 9.11. The number of carbonyl (C=O) groups excluding carboxylic acids is 1. The van der Waals surface area contributed by atoms with E-state index in [1.165, 1.54) is 0 Å². The summed E-state index contributed by atoms with van der Waals surface area (Å²) in [4.78, 5) is 12.5. The van der Waals surface area contributed by atoms with Crippen molar-refractivity contribution in [1.29, 1.82) is 0 Å². The molecule has 6 nitrogen and oxygen atoms in total. The third kappa shape index (κ3) is 4.71. The molecule has 0 saturated heterocycles. The molecule has 0 fully saturated rings. The molecule has 0 aliphatic heterocycles. The highest BCUT2D eigenvalue weighted by Crippen LogP contribution is 2.17. The Morgan fingerprint density at radius 2 is 2.12 bits per heavy atom. The number of nitrogens with zero attached hydrogens (tertiary/aromatic N) is 2. The van der Waals surface area contributed by atoms with Crippen LogP contribution in [0.4, 0.5) is 0 Å². The van der Waals surface area contributed by atoms with Gasteiger partial charge in [-0.1, -0.05) is 13.8 Å². The van der Waals surface area contributed by atoms with Gasteiger partial charge in [0.25, 0.3) is 0 Å². The first-order valence-electron chi connectivity index (χ1n) is 8.28. The van der Waals surface area contributed by atoms with E-state index in [4.69, 9.17) is 9.15 Å². The van der Waals surface area contributed by atoms with E-state index in [0.717, 1.165) is 17.0 Å². The van der Waals surface area contributed by atoms with Crippen molar-refractivity contribution in [2.24, 2.45) is 13.0 Å². The largest absolute Gasteiger partial charge is 0.467 e. The van der Waals surface area contributed by atoms with Crippen LogP contribution in [0.1, 0.15) is 42.6 Å². The molecule has 1 atom stereocenters. The quantitative estimate of drug-likeness (QED) is 0.806. The Morgan fingerprint density at radius 3 is 2.67 bits per heavy atom. The van der Waals surface area contributed by atoms with E-state index >= 15 is 0 Å². The summed E-state index contributed by atoms with van der Waals surface area (Å²) in [5, 5.41) is 7.37. The molecule has 24 heavy (non-hydrogen) atoms. The summed E-state index contributed by atoms with van der Waals surface area (Å²) in [6, 6.07) is 3.37. The minimum absolute atomic E-state index is 0.0660. The number of furan rings is 1. The zero-order chi connectivity index (χ0) is 17.7. The summed E-state index contributed by atoms with van der Waals surface area (Å²) in [5.41, 5.74) is 2.86. The van der Waals surface area contributed by atoms with Crippen LogP contribution < -0.4 is 5.32 Å². The van der Waals surface area contributed by atoms with Crippen LogP contribution in [-0.4, -0.2) is 28.9 Å². The van der Waals surface area contributed by atoms with Crippen LogP contribution >= 0.6 is 0 Å². The maximum absolute atomic E-state index is 12.5. The lowest BCUT2D eigenvalue weighted by Crippen LogP contribution is -2.33. The molecule has 1 amide bonds. The molecule has 2 aromatic heterocycles. The van der Waals surface area contributed by atoms with Gasteiger partial charge >= 0.3 is 0 Å². The predicted molar refractivity (Wildman–Crippen MR) is 91.6 cm³/mol. The number of aromatic nitrogens is 2. The van der Waals surface area contributed by atoms with E-state index in [-0.39, 0.29) is 11.9 Å². The Bertz CT molecular complexity index is 659. The van der Waals surface area contributed by atoms with Gasteiger partial charge in [-0.05, 0) is 31.9 Å². The highest BCUT2D eigenvalue weighted by molar-refractivity contribution is 5.79. The van der Waals surface area contributed by atoms with Crippen molar-refractivity contribution in [3.63, 3.8) is 0 Å². The van der Waals surface area contributed by atoms with Crippen LogP contribution in [0.2, 0.25) is 0 Å². The lowest BCUT2D eigenvalue weighted by molar-refractivity contribution is -0.121. The van der Waals surface area contributed by atoms with Crippen LogP contribution in [0, 0.1) is 19.8 Å². The molecule has 6 heteroatoms. The molecule has 0 aromatic carbocycles. The van der Waals surface area contributed by atoms with Crippen molar-refractivity contribution in [3.8, 4) is 0 Å². The molecule has 2 heterocycles. The molecule has 0 radical (unpaired) electrons. The Morgan fingerprint density at radius 1 is 1.38 bits per heavy atom. The molecule has 0 aliphatic rings. The molecule has 1 N–H and O–H groups in total. The van der Waals surface area contributed by atoms with Crippen molar-refractivity contribution in [1.82, 2.24) is 15.1 Å². The van der Waals surface area contributed by atoms with Gasteiger partial charge in [-0.25, -0.2) is 0 Å². The second kappa shape index (κ2) is 8.15. The number of amides is 1. The normalized spacial score (nSPS) is 12.6. The Labute approximate surface area is 143 Å². The van der Waals surface area contributed by atoms with Crippen molar-refractivity contribution in [2.75, 3.05) is 13.2 Å². The van der Waals surface area contributed by atoms with Crippen LogP contribution in [0.15, 0.2) is 22.8 Å². The van der Waals surface area contributed by atoms with Crippen molar-refractivity contribution < 1.29 is 13.9 Å². The van der Waals surface area contributed by atoms with Gasteiger partial charge in [0.15, 0.2) is 0 Å². The highest BCUT2D eigenvalue weighted by atomic mass is 16.5. The topological polar surface area (TPSA) is 69.3 Å². The first-order chi connectivity index (χ1) is 11.4. The van der Waals surface area contributed by atoms with Gasteiger partial charge in [0.1, 0.15) is 11.8 Å². The van der Waals surface area contributed by atoms with Gasteiger partial charge in [-0.2, -0.15) is 5.10 Å². The zero-order valence-corrected chi connectivity index (χ0v) is 15.1. The van der Waals surface area contributed by atoms with E-state index in [0.29, 0.717) is 31.3 Å². The lowest BCUT2D eigenvalue weighted by atomic mass is 10.1. The van der Waals surface area contributed by atoms with Crippen LogP contribution in [0.5, 0.6) is 0 Å². The average Bonchev–Trinajstić information content (AvgIpc) is 3.11. The molecule has 0 spiro atoms. The Balaban J connectivity index is 2.01. The molecule has 132 valence electrons. The molecular formula is C18H27N3O3. The van der Waals surface area contributed by atoms with Crippen LogP contribution in [0.3, 0.4) is 0 Å². The van der Waals surface area contributed by atoms with E-state index in [1.54, 1.807) is 10.9 Å². The maximum atomic E-state index is 12.5. The van der Waals surface area contributed by atoms with Gasteiger partial charge in [0.05, 0.1) is 25.0 Å². The summed E-state index contributed by atoms with van der Waals surface area (Å²) < 4.78 is 12.9. The minimum atomic E-state index is -0.288. The van der Waals surface area contributed by atoms with Crippen molar-refractivity contribution in [3.05, 3.63) is 41.1 Å². The molecule has 0 bridgehead atoms. The number of ether oxygens (including phenoxy) is 1. The third-order valence-electron chi connectivity index (χ3n) is 3.95. The second-order valence-corrected chi connectivity index (χ2v) is 6.52. The molecular weight excluding hydrogens is 306 g/mol. The van der Waals surface area contributed by atoms with E-state index < -0.39 is 0 Å². The monoisotopic (exact) mass is 333 g/mol. The second-order valence-electron chi connectivity index (χ2n) is 6.52. The van der Waals surface area contributed by atoms with Crippen LogP contribution in [-0.2, 0) is 23.0 Å². The van der Waals surface area contributed by atoms with Gasteiger partial charge < -0.3 is 14.5 Å². The Kier molecular flexibility index (Phi) is 6.20. The number of hydrogen-bond donors (Lipinski definition) is 1. The van der Waals surface area contributed by atoms with E-state index in [1.807, 2.05) is 33.0 Å². The average molecular weight is 333 g/mol. The van der Waals surface area contributed by atoms with Gasteiger partial charge in [-0.3, -0.25) is 9.48 Å². The minimum Gasteiger partial charge on any atom is -0.467 e. The molecule has 0 aliphatic carbocycles. The fraction of sp³-hybridized carbons (Fsp3) is 0.556. The number of rotatable bonds is 8. The van der Waals surface area contributed by atoms with Crippen molar-refractivity contribution in [2.45, 2.75) is 40.2 Å². The summed E-state index contributed by atoms with van der Waals surface area (Å²) in [6.07, 6.45) is 1.90.